The molecule has 0 aromatic heterocycles. The highest BCUT2D eigenvalue weighted by atomic mass is 16.4. The number of hydrogen-bond acceptors (Lipinski definition) is 4. The van der Waals surface area contributed by atoms with Crippen molar-refractivity contribution in [2.24, 2.45) is 0 Å². The van der Waals surface area contributed by atoms with E-state index in [0.717, 1.165) is 29.7 Å². The number of anilines is 1. The molecular weight excluding hydrogens is 294 g/mol. The van der Waals surface area contributed by atoms with Gasteiger partial charge in [0.05, 0.1) is 0 Å². The highest BCUT2D eigenvalue weighted by Gasteiger charge is 2.17. The molecule has 0 bridgehead atoms. The topological polar surface area (TPSA) is 102 Å². The van der Waals surface area contributed by atoms with Crippen LogP contribution < -0.4 is 10.6 Å². The predicted octanol–water partition coefficient (Wildman–Crippen LogP) is 2.22. The molecule has 6 heteroatoms. The highest BCUT2D eigenvalue weighted by Crippen LogP contribution is 2.22. The van der Waals surface area contributed by atoms with Crippen molar-refractivity contribution in [1.82, 2.24) is 5.32 Å². The van der Waals surface area contributed by atoms with Gasteiger partial charge in [-0.25, -0.2) is 0 Å². The second-order valence-corrected chi connectivity index (χ2v) is 5.01. The number of para-hydroxylation sites is 1. The third-order valence-corrected chi connectivity index (χ3v) is 3.44. The summed E-state index contributed by atoms with van der Waals surface area (Å²) >= 11 is 0. The van der Waals surface area contributed by atoms with Gasteiger partial charge in [0.25, 0.3) is 5.91 Å². The molecule has 1 aromatic carbocycles. The quantitative estimate of drug-likeness (QED) is 0.529. The number of amides is 1. The Morgan fingerprint density at radius 2 is 1.87 bits per heavy atom. The monoisotopic (exact) mass is 315 g/mol. The maximum atomic E-state index is 11.9. The molecule has 1 amide bonds. The van der Waals surface area contributed by atoms with Gasteiger partial charge in [0.1, 0.15) is 17.7 Å². The minimum Gasteiger partial charge on any atom is -0.480 e. The van der Waals surface area contributed by atoms with Crippen LogP contribution in [-0.2, 0) is 22.4 Å². The van der Waals surface area contributed by atoms with Crippen LogP contribution in [0.3, 0.4) is 0 Å². The zero-order valence-corrected chi connectivity index (χ0v) is 13.5. The molecule has 0 fully saturated rings. The molecule has 0 saturated carbocycles. The lowest BCUT2D eigenvalue weighted by Crippen LogP contribution is -2.39. The number of hydrogen-bond donors (Lipinski definition) is 3. The molecule has 122 valence electrons. The van der Waals surface area contributed by atoms with Gasteiger partial charge in [0.2, 0.25) is 0 Å². The Kier molecular flexibility index (Phi) is 6.81. The Morgan fingerprint density at radius 3 is 2.30 bits per heavy atom. The number of benzene rings is 1. The number of carboxylic acids is 1. The molecule has 0 heterocycles. The van der Waals surface area contributed by atoms with Crippen molar-refractivity contribution in [3.8, 4) is 6.07 Å². The van der Waals surface area contributed by atoms with Crippen molar-refractivity contribution in [3.63, 3.8) is 0 Å². The molecule has 0 radical (unpaired) electrons. The number of carboxylic acid groups (broad SMARTS) is 1. The van der Waals surface area contributed by atoms with Crippen molar-refractivity contribution in [1.29, 1.82) is 5.26 Å². The fourth-order valence-corrected chi connectivity index (χ4v) is 2.06. The van der Waals surface area contributed by atoms with Gasteiger partial charge in [-0.2, -0.15) is 5.26 Å². The largest absolute Gasteiger partial charge is 0.480 e. The van der Waals surface area contributed by atoms with Crippen LogP contribution in [0.1, 0.15) is 31.9 Å². The summed E-state index contributed by atoms with van der Waals surface area (Å²) in [6, 6.07) is 6.65. The lowest BCUT2D eigenvalue weighted by atomic mass is 10.0. The number of rotatable bonds is 7. The van der Waals surface area contributed by atoms with Gasteiger partial charge in [0, 0.05) is 11.9 Å². The van der Waals surface area contributed by atoms with E-state index in [1.807, 2.05) is 32.0 Å². The molecule has 1 aromatic rings. The first-order valence-electron chi connectivity index (χ1n) is 7.45. The van der Waals surface area contributed by atoms with E-state index in [9.17, 15) is 9.59 Å². The molecule has 0 aliphatic rings. The molecule has 1 unspecified atom stereocenters. The van der Waals surface area contributed by atoms with Crippen molar-refractivity contribution in [2.75, 3.05) is 5.32 Å². The van der Waals surface area contributed by atoms with Crippen LogP contribution in [0.4, 0.5) is 5.69 Å². The van der Waals surface area contributed by atoms with Crippen LogP contribution in [0.2, 0.25) is 0 Å². The van der Waals surface area contributed by atoms with E-state index in [2.05, 4.69) is 10.6 Å². The predicted molar refractivity (Wildman–Crippen MR) is 87.8 cm³/mol. The molecule has 1 atom stereocenters. The zero-order chi connectivity index (χ0) is 17.4. The minimum absolute atomic E-state index is 0.175. The average Bonchev–Trinajstić information content (AvgIpc) is 2.54. The third-order valence-electron chi connectivity index (χ3n) is 3.44. The smallest absolute Gasteiger partial charge is 0.325 e. The molecule has 0 spiro atoms. The Morgan fingerprint density at radius 1 is 1.30 bits per heavy atom. The number of nitriles is 1. The summed E-state index contributed by atoms with van der Waals surface area (Å²) in [4.78, 5) is 22.7. The van der Waals surface area contributed by atoms with E-state index in [1.54, 1.807) is 6.07 Å². The maximum Gasteiger partial charge on any atom is 0.325 e. The summed E-state index contributed by atoms with van der Waals surface area (Å²) in [5.41, 5.74) is 2.87. The van der Waals surface area contributed by atoms with Crippen molar-refractivity contribution in [3.05, 3.63) is 41.1 Å². The number of nitrogens with one attached hydrogen (secondary N) is 2. The molecule has 23 heavy (non-hydrogen) atoms. The summed E-state index contributed by atoms with van der Waals surface area (Å²) in [6.07, 6.45) is 2.94. The van der Waals surface area contributed by atoms with E-state index < -0.39 is 17.9 Å². The summed E-state index contributed by atoms with van der Waals surface area (Å²) in [7, 11) is 0. The van der Waals surface area contributed by atoms with Crippen LogP contribution in [0.5, 0.6) is 0 Å². The number of carbonyl (C=O) groups is 2. The van der Waals surface area contributed by atoms with Crippen molar-refractivity contribution in [2.45, 2.75) is 39.7 Å². The molecule has 3 N–H and O–H groups in total. The van der Waals surface area contributed by atoms with E-state index >= 15 is 0 Å². The number of aryl methyl sites for hydroxylation is 2. The summed E-state index contributed by atoms with van der Waals surface area (Å²) < 4.78 is 0. The molecule has 6 nitrogen and oxygen atoms in total. The molecule has 0 saturated heterocycles. The first-order chi connectivity index (χ1) is 10.9. The molecular formula is C17H21N3O3. The fraction of sp³-hybridized carbons (Fsp3) is 0.353. The summed E-state index contributed by atoms with van der Waals surface area (Å²) in [6.45, 7) is 5.39. The van der Waals surface area contributed by atoms with Crippen LogP contribution in [0.15, 0.2) is 30.0 Å². The first-order valence-corrected chi connectivity index (χ1v) is 7.45. The summed E-state index contributed by atoms with van der Waals surface area (Å²) in [5, 5.41) is 23.2. The molecule has 0 aliphatic heterocycles. The van der Waals surface area contributed by atoms with Gasteiger partial charge in [-0.15, -0.1) is 0 Å². The Balaban J connectivity index is 3.00. The van der Waals surface area contributed by atoms with E-state index in [1.165, 1.54) is 13.1 Å². The van der Waals surface area contributed by atoms with Crippen LogP contribution in [-0.4, -0.2) is 23.0 Å². The van der Waals surface area contributed by atoms with Gasteiger partial charge in [-0.3, -0.25) is 9.59 Å². The minimum atomic E-state index is -1.16. The molecule has 0 aliphatic carbocycles. The van der Waals surface area contributed by atoms with Crippen molar-refractivity contribution < 1.29 is 14.7 Å². The second-order valence-electron chi connectivity index (χ2n) is 5.01. The lowest BCUT2D eigenvalue weighted by Gasteiger charge is -2.13. The Bertz CT molecular complexity index is 637. The fourth-order valence-electron chi connectivity index (χ4n) is 2.06. The highest BCUT2D eigenvalue weighted by molar-refractivity contribution is 5.99. The van der Waals surface area contributed by atoms with Crippen LogP contribution >= 0.6 is 0 Å². The summed E-state index contributed by atoms with van der Waals surface area (Å²) in [5.74, 6) is -1.88. The molecule has 1 rings (SSSR count). The van der Waals surface area contributed by atoms with E-state index in [-0.39, 0.29) is 5.57 Å². The van der Waals surface area contributed by atoms with Gasteiger partial charge in [-0.1, -0.05) is 32.0 Å². The van der Waals surface area contributed by atoms with Gasteiger partial charge >= 0.3 is 5.97 Å². The lowest BCUT2D eigenvalue weighted by molar-refractivity contribution is -0.140. The van der Waals surface area contributed by atoms with E-state index in [0.29, 0.717) is 0 Å². The number of nitrogens with zero attached hydrogens (tertiary/aromatic N) is 1. The normalized spacial score (nSPS) is 12.2. The Labute approximate surface area is 135 Å². The van der Waals surface area contributed by atoms with Gasteiger partial charge < -0.3 is 15.7 Å². The average molecular weight is 315 g/mol. The number of carbonyl (C=O) groups excluding carboxylic acids is 1. The van der Waals surface area contributed by atoms with Crippen LogP contribution in [0.25, 0.3) is 0 Å². The van der Waals surface area contributed by atoms with Gasteiger partial charge in [-0.05, 0) is 30.9 Å². The number of aliphatic carboxylic acids is 1. The van der Waals surface area contributed by atoms with Gasteiger partial charge in [0.15, 0.2) is 0 Å². The second kappa shape index (κ2) is 8.59. The maximum absolute atomic E-state index is 11.9. The SMILES string of the molecule is CCc1cccc(CC)c1N/C=C(/C#N)C(=O)NC(C)C(=O)O. The van der Waals surface area contributed by atoms with Crippen molar-refractivity contribution >= 4 is 17.6 Å². The Hall–Kier alpha value is -2.81. The standard InChI is InChI=1S/C17H21N3O3/c1-4-12-7-6-8-13(5-2)15(12)19-10-14(9-18)16(21)20-11(3)17(22)23/h6-8,10-11,19H,4-5H2,1-3H3,(H,20,21)(H,22,23)/b14-10-. The first kappa shape index (κ1) is 18.2. The van der Waals surface area contributed by atoms with Crippen LogP contribution in [0, 0.1) is 11.3 Å². The van der Waals surface area contributed by atoms with E-state index in [4.69, 9.17) is 10.4 Å². The third kappa shape index (κ3) is 4.85. The zero-order valence-electron chi connectivity index (χ0n) is 13.5.